The SMILES string of the molecule is CC(C)c1cc(N)c(O)c(Br)c1. The van der Waals surface area contributed by atoms with Crippen LogP contribution in [0, 0.1) is 0 Å². The van der Waals surface area contributed by atoms with Gasteiger partial charge in [-0.1, -0.05) is 13.8 Å². The van der Waals surface area contributed by atoms with Gasteiger partial charge in [-0.2, -0.15) is 0 Å². The normalized spacial score (nSPS) is 10.7. The smallest absolute Gasteiger partial charge is 0.152 e. The summed E-state index contributed by atoms with van der Waals surface area (Å²) < 4.78 is 0.659. The molecule has 3 N–H and O–H groups in total. The summed E-state index contributed by atoms with van der Waals surface area (Å²) in [5.41, 5.74) is 7.13. The molecule has 0 saturated carbocycles. The maximum Gasteiger partial charge on any atom is 0.152 e. The van der Waals surface area contributed by atoms with Crippen molar-refractivity contribution in [1.29, 1.82) is 0 Å². The van der Waals surface area contributed by atoms with Gasteiger partial charge in [0.05, 0.1) is 10.2 Å². The third kappa shape index (κ3) is 1.72. The molecule has 1 rings (SSSR count). The lowest BCUT2D eigenvalue weighted by Crippen LogP contribution is -1.92. The van der Waals surface area contributed by atoms with Crippen LogP contribution >= 0.6 is 15.9 Å². The highest BCUT2D eigenvalue weighted by Gasteiger charge is 2.06. The zero-order valence-corrected chi connectivity index (χ0v) is 8.72. The summed E-state index contributed by atoms with van der Waals surface area (Å²) in [6.45, 7) is 4.16. The maximum absolute atomic E-state index is 9.34. The first-order valence-corrected chi connectivity index (χ1v) is 4.59. The highest BCUT2D eigenvalue weighted by molar-refractivity contribution is 9.10. The van der Waals surface area contributed by atoms with Gasteiger partial charge in [-0.15, -0.1) is 0 Å². The van der Waals surface area contributed by atoms with Crippen LogP contribution < -0.4 is 5.73 Å². The molecule has 0 unspecified atom stereocenters. The van der Waals surface area contributed by atoms with E-state index in [1.165, 1.54) is 0 Å². The molecule has 0 aromatic heterocycles. The van der Waals surface area contributed by atoms with E-state index < -0.39 is 0 Å². The minimum atomic E-state index is 0.124. The molecule has 0 amide bonds. The van der Waals surface area contributed by atoms with Crippen molar-refractivity contribution in [2.75, 3.05) is 5.73 Å². The summed E-state index contributed by atoms with van der Waals surface area (Å²) in [7, 11) is 0. The Labute approximate surface area is 80.5 Å². The summed E-state index contributed by atoms with van der Waals surface area (Å²) in [5.74, 6) is 0.545. The van der Waals surface area contributed by atoms with Gasteiger partial charge >= 0.3 is 0 Å². The van der Waals surface area contributed by atoms with Crippen LogP contribution in [0.1, 0.15) is 25.3 Å². The predicted molar refractivity (Wildman–Crippen MR) is 54.3 cm³/mol. The van der Waals surface area contributed by atoms with E-state index in [9.17, 15) is 5.11 Å². The highest BCUT2D eigenvalue weighted by atomic mass is 79.9. The number of phenols is 1. The van der Waals surface area contributed by atoms with Crippen LogP contribution in [0.4, 0.5) is 5.69 Å². The lowest BCUT2D eigenvalue weighted by molar-refractivity contribution is 0.474. The summed E-state index contributed by atoms with van der Waals surface area (Å²) in [4.78, 5) is 0. The van der Waals surface area contributed by atoms with Crippen LogP contribution in [-0.2, 0) is 0 Å². The average Bonchev–Trinajstić information content (AvgIpc) is 1.99. The number of hydrogen-bond acceptors (Lipinski definition) is 2. The van der Waals surface area contributed by atoms with Gasteiger partial charge in [0, 0.05) is 0 Å². The highest BCUT2D eigenvalue weighted by Crippen LogP contribution is 2.33. The van der Waals surface area contributed by atoms with Crippen molar-refractivity contribution in [1.82, 2.24) is 0 Å². The van der Waals surface area contributed by atoms with Crippen molar-refractivity contribution in [2.45, 2.75) is 19.8 Å². The minimum Gasteiger partial charge on any atom is -0.505 e. The second kappa shape index (κ2) is 3.35. The van der Waals surface area contributed by atoms with Crippen LogP contribution in [0.3, 0.4) is 0 Å². The van der Waals surface area contributed by atoms with Crippen molar-refractivity contribution in [2.24, 2.45) is 0 Å². The lowest BCUT2D eigenvalue weighted by Gasteiger charge is -2.08. The molecule has 1 aromatic rings. The molecule has 66 valence electrons. The number of benzene rings is 1. The van der Waals surface area contributed by atoms with E-state index >= 15 is 0 Å². The summed E-state index contributed by atoms with van der Waals surface area (Å²) in [6, 6.07) is 3.68. The molecule has 0 spiro atoms. The van der Waals surface area contributed by atoms with Crippen molar-refractivity contribution in [3.8, 4) is 5.75 Å². The molecule has 3 heteroatoms. The number of rotatable bonds is 1. The molecule has 0 saturated heterocycles. The monoisotopic (exact) mass is 229 g/mol. The summed E-state index contributed by atoms with van der Waals surface area (Å²) in [6.07, 6.45) is 0. The number of halogens is 1. The fourth-order valence-electron chi connectivity index (χ4n) is 0.975. The Hall–Kier alpha value is -0.700. The Bertz CT molecular complexity index is 274. The van der Waals surface area contributed by atoms with E-state index in [0.29, 0.717) is 16.1 Å². The molecule has 0 aliphatic rings. The third-order valence-corrected chi connectivity index (χ3v) is 2.39. The lowest BCUT2D eigenvalue weighted by atomic mass is 10.0. The molecule has 0 aliphatic carbocycles. The minimum absolute atomic E-state index is 0.124. The molecule has 0 heterocycles. The van der Waals surface area contributed by atoms with E-state index in [0.717, 1.165) is 5.56 Å². The van der Waals surface area contributed by atoms with Crippen molar-refractivity contribution in [3.63, 3.8) is 0 Å². The third-order valence-electron chi connectivity index (χ3n) is 1.78. The second-order valence-electron chi connectivity index (χ2n) is 3.10. The van der Waals surface area contributed by atoms with Gasteiger partial charge in [0.25, 0.3) is 0 Å². The van der Waals surface area contributed by atoms with E-state index in [4.69, 9.17) is 5.73 Å². The van der Waals surface area contributed by atoms with Crippen molar-refractivity contribution in [3.05, 3.63) is 22.2 Å². The van der Waals surface area contributed by atoms with Crippen LogP contribution in [0.2, 0.25) is 0 Å². The summed E-state index contributed by atoms with van der Waals surface area (Å²) in [5, 5.41) is 9.34. The van der Waals surface area contributed by atoms with Gasteiger partial charge < -0.3 is 10.8 Å². The zero-order chi connectivity index (χ0) is 9.30. The van der Waals surface area contributed by atoms with Gasteiger partial charge in [-0.3, -0.25) is 0 Å². The topological polar surface area (TPSA) is 46.2 Å². The number of nitrogens with two attached hydrogens (primary N) is 1. The zero-order valence-electron chi connectivity index (χ0n) is 7.13. The maximum atomic E-state index is 9.34. The Morgan fingerprint density at radius 2 is 2.00 bits per heavy atom. The van der Waals surface area contributed by atoms with E-state index in [1.54, 1.807) is 6.07 Å². The van der Waals surface area contributed by atoms with Crippen LogP contribution in [0.5, 0.6) is 5.75 Å². The number of phenolic OH excluding ortho intramolecular Hbond substituents is 1. The Morgan fingerprint density at radius 1 is 1.42 bits per heavy atom. The number of anilines is 1. The molecule has 2 nitrogen and oxygen atoms in total. The quantitative estimate of drug-likeness (QED) is 0.575. The standard InChI is InChI=1S/C9H12BrNO/c1-5(2)6-3-7(10)9(12)8(11)4-6/h3-5,12H,11H2,1-2H3. The van der Waals surface area contributed by atoms with Crippen LogP contribution in [0.25, 0.3) is 0 Å². The Balaban J connectivity index is 3.21. The van der Waals surface area contributed by atoms with E-state index in [1.807, 2.05) is 6.07 Å². The molecule has 1 aromatic carbocycles. The van der Waals surface area contributed by atoms with E-state index in [2.05, 4.69) is 29.8 Å². The van der Waals surface area contributed by atoms with Crippen molar-refractivity contribution >= 4 is 21.6 Å². The number of nitrogen functional groups attached to an aromatic ring is 1. The largest absolute Gasteiger partial charge is 0.505 e. The average molecular weight is 230 g/mol. The molecule has 0 bridgehead atoms. The Morgan fingerprint density at radius 3 is 2.42 bits per heavy atom. The van der Waals surface area contributed by atoms with Crippen LogP contribution in [0.15, 0.2) is 16.6 Å². The Kier molecular flexibility index (Phi) is 2.62. The predicted octanol–water partition coefficient (Wildman–Crippen LogP) is 2.86. The fourth-order valence-corrected chi connectivity index (χ4v) is 1.47. The molecular formula is C9H12BrNO. The first kappa shape index (κ1) is 9.39. The molecular weight excluding hydrogens is 218 g/mol. The first-order valence-electron chi connectivity index (χ1n) is 3.80. The van der Waals surface area contributed by atoms with Crippen molar-refractivity contribution < 1.29 is 5.11 Å². The van der Waals surface area contributed by atoms with Gasteiger partial charge in [0.1, 0.15) is 0 Å². The molecule has 0 atom stereocenters. The molecule has 0 radical (unpaired) electrons. The fraction of sp³-hybridized carbons (Fsp3) is 0.333. The molecule has 12 heavy (non-hydrogen) atoms. The molecule has 0 fully saturated rings. The molecule has 0 aliphatic heterocycles. The van der Waals surface area contributed by atoms with Gasteiger partial charge in [-0.05, 0) is 39.5 Å². The van der Waals surface area contributed by atoms with Gasteiger partial charge in [0.15, 0.2) is 5.75 Å². The summed E-state index contributed by atoms with van der Waals surface area (Å²) >= 11 is 3.24. The first-order chi connectivity index (χ1) is 5.52. The van der Waals surface area contributed by atoms with Gasteiger partial charge in [0.2, 0.25) is 0 Å². The van der Waals surface area contributed by atoms with Crippen LogP contribution in [-0.4, -0.2) is 5.11 Å². The van der Waals surface area contributed by atoms with Gasteiger partial charge in [-0.25, -0.2) is 0 Å². The number of aromatic hydroxyl groups is 1. The second-order valence-corrected chi connectivity index (χ2v) is 3.95. The van der Waals surface area contributed by atoms with E-state index in [-0.39, 0.29) is 5.75 Å². The number of hydrogen-bond donors (Lipinski definition) is 2.